The number of anilines is 2. The minimum Gasteiger partial charge on any atom is -0.474 e. The number of hydrogen-bond donors (Lipinski definition) is 3. The number of carbonyl (C=O) groups is 2. The number of ether oxygens (including phenoxy) is 2. The van der Waals surface area contributed by atoms with Crippen molar-refractivity contribution in [3.05, 3.63) is 35.9 Å². The Labute approximate surface area is 200 Å². The summed E-state index contributed by atoms with van der Waals surface area (Å²) in [6.45, 7) is 3.41. The summed E-state index contributed by atoms with van der Waals surface area (Å²) in [5, 5.41) is 6.95. The van der Waals surface area contributed by atoms with Crippen LogP contribution < -0.4 is 25.8 Å². The van der Waals surface area contributed by atoms with Gasteiger partial charge in [0.15, 0.2) is 5.82 Å². The number of aromatic nitrogens is 2. The van der Waals surface area contributed by atoms with E-state index in [0.29, 0.717) is 54.8 Å². The number of nitrogens with zero attached hydrogens (tertiary/aromatic N) is 3. The third-order valence-corrected chi connectivity index (χ3v) is 6.36. The van der Waals surface area contributed by atoms with Crippen molar-refractivity contribution in [3.63, 3.8) is 0 Å². The zero-order valence-electron chi connectivity index (χ0n) is 19.4. The largest absolute Gasteiger partial charge is 0.474 e. The second kappa shape index (κ2) is 8.90. The van der Waals surface area contributed by atoms with Crippen molar-refractivity contribution in [1.29, 1.82) is 0 Å². The van der Waals surface area contributed by atoms with Crippen molar-refractivity contribution in [1.82, 2.24) is 20.2 Å². The molecule has 0 spiro atoms. The number of pyridine rings is 2. The number of halogens is 1. The van der Waals surface area contributed by atoms with Crippen molar-refractivity contribution in [2.45, 2.75) is 25.8 Å². The van der Waals surface area contributed by atoms with Crippen molar-refractivity contribution in [2.24, 2.45) is 0 Å². The van der Waals surface area contributed by atoms with E-state index in [2.05, 4.69) is 20.6 Å². The average molecular weight is 481 g/mol. The number of likely N-dealkylation sites (tertiary alicyclic amines) is 1. The van der Waals surface area contributed by atoms with Crippen LogP contribution in [0.15, 0.2) is 24.5 Å². The summed E-state index contributed by atoms with van der Waals surface area (Å²) in [6.07, 6.45) is 3.16. The van der Waals surface area contributed by atoms with E-state index in [1.165, 1.54) is 12.3 Å². The quantitative estimate of drug-likeness (QED) is 0.488. The Bertz CT molecular complexity index is 1350. The van der Waals surface area contributed by atoms with Crippen LogP contribution in [0.5, 0.6) is 11.8 Å². The highest BCUT2D eigenvalue weighted by atomic mass is 19.1. The molecule has 1 atom stereocenters. The van der Waals surface area contributed by atoms with Crippen molar-refractivity contribution in [3.8, 4) is 22.9 Å². The van der Waals surface area contributed by atoms with Gasteiger partial charge in [0.25, 0.3) is 0 Å². The number of hydrogen-bond acceptors (Lipinski definition) is 8. The molecule has 0 saturated carbocycles. The molecular weight excluding hydrogens is 455 g/mol. The number of nitrogens with two attached hydrogens (primary N) is 1. The van der Waals surface area contributed by atoms with Crippen LogP contribution in [0.25, 0.3) is 21.9 Å². The molecule has 4 heterocycles. The second-order valence-electron chi connectivity index (χ2n) is 8.69. The highest BCUT2D eigenvalue weighted by Gasteiger charge is 2.25. The van der Waals surface area contributed by atoms with Crippen molar-refractivity contribution >= 4 is 34.1 Å². The van der Waals surface area contributed by atoms with Gasteiger partial charge in [0.1, 0.15) is 12.3 Å². The fraction of sp³-hybridized carbons (Fsp3) is 0.333. The maximum Gasteiger partial charge on any atom is 0.414 e. The predicted molar refractivity (Wildman–Crippen MR) is 128 cm³/mol. The molecule has 35 heavy (non-hydrogen) atoms. The van der Waals surface area contributed by atoms with Crippen molar-refractivity contribution in [2.75, 3.05) is 37.8 Å². The predicted octanol–water partition coefficient (Wildman–Crippen LogP) is 2.84. The molecule has 1 fully saturated rings. The van der Waals surface area contributed by atoms with Crippen LogP contribution in [-0.2, 0) is 4.79 Å². The Kier molecular flexibility index (Phi) is 5.75. The van der Waals surface area contributed by atoms with Crippen LogP contribution in [0.2, 0.25) is 0 Å². The fourth-order valence-electron chi connectivity index (χ4n) is 4.44. The first-order valence-electron chi connectivity index (χ1n) is 11.3. The van der Waals surface area contributed by atoms with Gasteiger partial charge in [-0.1, -0.05) is 0 Å². The standard InChI is InChI=1S/C24H25FN6O4/c1-12-16(9-29-23-22(12)27-5-6-34-23)15-7-13-8-18(28-10-17(13)21(26)20(15)25)35-24(33)30-14-3-4-19(32)31(2)11-14/h7-10,14,27H,3-6,11,26H2,1-2H3,(H,30,33)/t14-/m0/s1. The van der Waals surface area contributed by atoms with Crippen LogP contribution in [-0.4, -0.2) is 59.7 Å². The molecule has 182 valence electrons. The lowest BCUT2D eigenvalue weighted by molar-refractivity contribution is -0.132. The normalized spacial score (nSPS) is 17.4. The Morgan fingerprint density at radius 1 is 1.31 bits per heavy atom. The molecule has 0 unspecified atom stereocenters. The van der Waals surface area contributed by atoms with Gasteiger partial charge in [-0.3, -0.25) is 4.79 Å². The maximum atomic E-state index is 15.3. The Hall–Kier alpha value is -4.15. The molecule has 2 aromatic heterocycles. The molecule has 2 aliphatic heterocycles. The summed E-state index contributed by atoms with van der Waals surface area (Å²) in [4.78, 5) is 34.0. The third kappa shape index (κ3) is 4.25. The topological polar surface area (TPSA) is 132 Å². The van der Waals surface area contributed by atoms with E-state index in [9.17, 15) is 9.59 Å². The van der Waals surface area contributed by atoms with Crippen LogP contribution in [0.1, 0.15) is 18.4 Å². The van der Waals surface area contributed by atoms with E-state index < -0.39 is 11.9 Å². The van der Waals surface area contributed by atoms with Gasteiger partial charge in [0, 0.05) is 61.5 Å². The smallest absolute Gasteiger partial charge is 0.414 e. The first-order valence-corrected chi connectivity index (χ1v) is 11.3. The Morgan fingerprint density at radius 3 is 2.94 bits per heavy atom. The molecule has 2 aliphatic rings. The number of benzene rings is 1. The van der Waals surface area contributed by atoms with E-state index in [0.717, 1.165) is 11.3 Å². The minimum absolute atomic E-state index is 0.0425. The van der Waals surface area contributed by atoms with Gasteiger partial charge in [-0.15, -0.1) is 0 Å². The van der Waals surface area contributed by atoms with Gasteiger partial charge in [-0.25, -0.2) is 19.2 Å². The molecule has 1 aromatic carbocycles. The van der Waals surface area contributed by atoms with Gasteiger partial charge in [-0.05, 0) is 30.4 Å². The summed E-state index contributed by atoms with van der Waals surface area (Å²) in [5.74, 6) is -0.0159. The van der Waals surface area contributed by atoms with E-state index in [4.69, 9.17) is 15.2 Å². The summed E-state index contributed by atoms with van der Waals surface area (Å²) >= 11 is 0. The molecule has 0 aliphatic carbocycles. The Morgan fingerprint density at radius 2 is 2.14 bits per heavy atom. The average Bonchev–Trinajstić information content (AvgIpc) is 2.84. The fourth-order valence-corrected chi connectivity index (χ4v) is 4.44. The summed E-state index contributed by atoms with van der Waals surface area (Å²) in [7, 11) is 1.69. The van der Waals surface area contributed by atoms with Crippen LogP contribution in [0.3, 0.4) is 0 Å². The first kappa shape index (κ1) is 22.6. The van der Waals surface area contributed by atoms with Gasteiger partial charge < -0.3 is 30.7 Å². The Balaban J connectivity index is 1.43. The summed E-state index contributed by atoms with van der Waals surface area (Å²) in [5.41, 5.74) is 8.40. The van der Waals surface area contributed by atoms with Gasteiger partial charge in [-0.2, -0.15) is 0 Å². The molecule has 4 N–H and O–H groups in total. The van der Waals surface area contributed by atoms with Crippen LogP contribution >= 0.6 is 0 Å². The molecule has 2 amide bonds. The highest BCUT2D eigenvalue weighted by Crippen LogP contribution is 2.39. The lowest BCUT2D eigenvalue weighted by atomic mass is 9.97. The third-order valence-electron chi connectivity index (χ3n) is 6.36. The number of likely N-dealkylation sites (N-methyl/N-ethyl adjacent to an activating group) is 1. The highest BCUT2D eigenvalue weighted by molar-refractivity contribution is 5.98. The molecule has 1 saturated heterocycles. The van der Waals surface area contributed by atoms with Gasteiger partial charge in [0.05, 0.1) is 11.7 Å². The van der Waals surface area contributed by atoms with E-state index in [1.54, 1.807) is 24.2 Å². The van der Waals surface area contributed by atoms with E-state index in [1.807, 2.05) is 6.92 Å². The monoisotopic (exact) mass is 480 g/mol. The summed E-state index contributed by atoms with van der Waals surface area (Å²) in [6, 6.07) is 2.96. The molecule has 5 rings (SSSR count). The second-order valence-corrected chi connectivity index (χ2v) is 8.69. The van der Waals surface area contributed by atoms with Crippen molar-refractivity contribution < 1.29 is 23.5 Å². The lowest BCUT2D eigenvalue weighted by Crippen LogP contribution is -2.49. The maximum absolute atomic E-state index is 15.3. The number of rotatable bonds is 3. The first-order chi connectivity index (χ1) is 16.8. The van der Waals surface area contributed by atoms with Crippen LogP contribution in [0.4, 0.5) is 20.6 Å². The number of fused-ring (bicyclic) bond motifs is 2. The molecular formula is C24H25FN6O4. The SMILES string of the molecule is Cc1c(-c2cc3cc(OC(=O)N[C@H]4CCC(=O)N(C)C4)ncc3c(N)c2F)cnc2c1NCCO2. The zero-order valence-corrected chi connectivity index (χ0v) is 19.4. The molecule has 10 nitrogen and oxygen atoms in total. The van der Waals surface area contributed by atoms with Gasteiger partial charge in [0.2, 0.25) is 17.7 Å². The zero-order chi connectivity index (χ0) is 24.7. The lowest BCUT2D eigenvalue weighted by Gasteiger charge is -2.29. The number of nitrogen functional groups attached to an aromatic ring is 1. The molecule has 0 bridgehead atoms. The molecule has 3 aromatic rings. The van der Waals surface area contributed by atoms with E-state index in [-0.39, 0.29) is 29.1 Å². The number of amides is 2. The van der Waals surface area contributed by atoms with Gasteiger partial charge >= 0.3 is 6.09 Å². The molecule has 11 heteroatoms. The number of nitrogens with one attached hydrogen (secondary N) is 2. The van der Waals surface area contributed by atoms with Crippen LogP contribution in [0, 0.1) is 12.7 Å². The van der Waals surface area contributed by atoms with E-state index >= 15 is 4.39 Å². The molecule has 0 radical (unpaired) electrons. The minimum atomic E-state index is -0.680. The summed E-state index contributed by atoms with van der Waals surface area (Å²) < 4.78 is 26.2. The number of carbonyl (C=O) groups excluding carboxylic acids is 2. The number of piperidine rings is 1.